The normalized spacial score (nSPS) is 19.1. The van der Waals surface area contributed by atoms with Crippen LogP contribution in [0.2, 0.25) is 0 Å². The first-order chi connectivity index (χ1) is 16.4. The Labute approximate surface area is 199 Å². The number of aliphatic hydroxyl groups excluding tert-OH is 1. The van der Waals surface area contributed by atoms with E-state index in [2.05, 4.69) is 0 Å². The van der Waals surface area contributed by atoms with Gasteiger partial charge < -0.3 is 29.1 Å². The van der Waals surface area contributed by atoms with Gasteiger partial charge in [-0.1, -0.05) is 13.0 Å². The molecule has 2 aliphatic heterocycles. The van der Waals surface area contributed by atoms with Gasteiger partial charge in [0.1, 0.15) is 18.1 Å². The van der Waals surface area contributed by atoms with Crippen LogP contribution in [-0.2, 0) is 9.59 Å². The van der Waals surface area contributed by atoms with Crippen LogP contribution >= 0.6 is 0 Å². The van der Waals surface area contributed by atoms with Crippen molar-refractivity contribution < 1.29 is 28.9 Å². The van der Waals surface area contributed by atoms with Crippen LogP contribution < -0.4 is 19.1 Å². The maximum atomic E-state index is 13.2. The number of hydrogen-bond donors (Lipinski definition) is 1. The molecule has 34 heavy (non-hydrogen) atoms. The largest absolute Gasteiger partial charge is 0.507 e. The Morgan fingerprint density at radius 1 is 1.15 bits per heavy atom. The van der Waals surface area contributed by atoms with Crippen LogP contribution in [0.5, 0.6) is 17.2 Å². The van der Waals surface area contributed by atoms with E-state index in [9.17, 15) is 14.7 Å². The highest BCUT2D eigenvalue weighted by molar-refractivity contribution is 6.46. The van der Waals surface area contributed by atoms with E-state index in [0.717, 1.165) is 5.69 Å². The monoisotopic (exact) mass is 466 g/mol. The zero-order chi connectivity index (χ0) is 24.4. The number of benzene rings is 2. The Kier molecular flexibility index (Phi) is 6.68. The van der Waals surface area contributed by atoms with E-state index in [-0.39, 0.29) is 11.3 Å². The summed E-state index contributed by atoms with van der Waals surface area (Å²) in [7, 11) is 3.48. The SMILES string of the molecule is CCCN1C(=O)C(=O)/C(=C(/O)c2ccc3c(c2)N(C)CCO3)C1c1ccc(OCC)c(OC)c1. The summed E-state index contributed by atoms with van der Waals surface area (Å²) in [5, 5.41) is 11.3. The highest BCUT2D eigenvalue weighted by Gasteiger charge is 2.46. The highest BCUT2D eigenvalue weighted by atomic mass is 16.5. The number of Topliss-reactive ketones (excluding diaryl/α,β-unsaturated/α-hetero) is 1. The summed E-state index contributed by atoms with van der Waals surface area (Å²) in [6, 6.07) is 9.84. The minimum atomic E-state index is -0.741. The van der Waals surface area contributed by atoms with E-state index in [0.29, 0.717) is 61.1 Å². The van der Waals surface area contributed by atoms with E-state index in [1.165, 1.54) is 12.0 Å². The van der Waals surface area contributed by atoms with Crippen molar-refractivity contribution in [3.05, 3.63) is 53.1 Å². The number of ketones is 1. The molecule has 4 rings (SSSR count). The second-order valence-electron chi connectivity index (χ2n) is 8.29. The Balaban J connectivity index is 1.86. The number of amides is 1. The number of carbonyl (C=O) groups excluding carboxylic acids is 2. The van der Waals surface area contributed by atoms with Gasteiger partial charge in [-0.05, 0) is 49.2 Å². The molecule has 0 bridgehead atoms. The number of methoxy groups -OCH3 is 1. The summed E-state index contributed by atoms with van der Waals surface area (Å²) in [6.07, 6.45) is 0.665. The van der Waals surface area contributed by atoms with Gasteiger partial charge in [0, 0.05) is 19.2 Å². The van der Waals surface area contributed by atoms with Crippen molar-refractivity contribution in [1.29, 1.82) is 0 Å². The molecule has 8 heteroatoms. The number of nitrogens with zero attached hydrogens (tertiary/aromatic N) is 2. The fourth-order valence-electron chi connectivity index (χ4n) is 4.48. The maximum absolute atomic E-state index is 13.2. The Morgan fingerprint density at radius 3 is 2.65 bits per heavy atom. The zero-order valence-corrected chi connectivity index (χ0v) is 20.0. The van der Waals surface area contributed by atoms with Gasteiger partial charge >= 0.3 is 0 Å². The summed E-state index contributed by atoms with van der Waals surface area (Å²) < 4.78 is 16.8. The summed E-state index contributed by atoms with van der Waals surface area (Å²) in [4.78, 5) is 29.7. The predicted octanol–water partition coefficient (Wildman–Crippen LogP) is 3.75. The lowest BCUT2D eigenvalue weighted by Crippen LogP contribution is -2.30. The smallest absolute Gasteiger partial charge is 0.295 e. The van der Waals surface area contributed by atoms with Crippen LogP contribution in [-0.4, -0.2) is 62.2 Å². The van der Waals surface area contributed by atoms with Crippen molar-refractivity contribution in [2.45, 2.75) is 26.3 Å². The quantitative estimate of drug-likeness (QED) is 0.378. The van der Waals surface area contributed by atoms with Crippen molar-refractivity contribution >= 4 is 23.1 Å². The molecule has 0 aliphatic carbocycles. The molecule has 2 aromatic carbocycles. The summed E-state index contributed by atoms with van der Waals surface area (Å²) in [5.41, 5.74) is 1.99. The van der Waals surface area contributed by atoms with E-state index < -0.39 is 17.7 Å². The Bertz CT molecular complexity index is 1140. The highest BCUT2D eigenvalue weighted by Crippen LogP contribution is 2.43. The molecule has 1 saturated heterocycles. The maximum Gasteiger partial charge on any atom is 0.295 e. The minimum absolute atomic E-state index is 0.0593. The van der Waals surface area contributed by atoms with Crippen molar-refractivity contribution in [3.63, 3.8) is 0 Å². The van der Waals surface area contributed by atoms with Crippen LogP contribution in [0.1, 0.15) is 37.4 Å². The number of aliphatic hydroxyl groups is 1. The van der Waals surface area contributed by atoms with Crippen molar-refractivity contribution in [3.8, 4) is 17.2 Å². The first kappa shape index (κ1) is 23.5. The molecule has 2 aromatic rings. The van der Waals surface area contributed by atoms with Crippen molar-refractivity contribution in [2.75, 3.05) is 45.4 Å². The first-order valence-electron chi connectivity index (χ1n) is 11.5. The second-order valence-corrected chi connectivity index (χ2v) is 8.29. The van der Waals surface area contributed by atoms with E-state index >= 15 is 0 Å². The van der Waals surface area contributed by atoms with E-state index in [4.69, 9.17) is 14.2 Å². The average Bonchev–Trinajstić information content (AvgIpc) is 3.09. The molecular weight excluding hydrogens is 436 g/mol. The van der Waals surface area contributed by atoms with Crippen LogP contribution in [0.3, 0.4) is 0 Å². The topological polar surface area (TPSA) is 88.5 Å². The van der Waals surface area contributed by atoms with Crippen LogP contribution in [0.25, 0.3) is 5.76 Å². The molecule has 0 saturated carbocycles. The van der Waals surface area contributed by atoms with Gasteiger partial charge in [-0.2, -0.15) is 0 Å². The molecular formula is C26H30N2O6. The number of rotatable bonds is 7. The number of fused-ring (bicyclic) bond motifs is 1. The number of carbonyl (C=O) groups is 2. The number of likely N-dealkylation sites (N-methyl/N-ethyl adjacent to an activating group) is 1. The summed E-state index contributed by atoms with van der Waals surface area (Å²) in [5.74, 6) is 0.236. The lowest BCUT2D eigenvalue weighted by Gasteiger charge is -2.28. The lowest BCUT2D eigenvalue weighted by molar-refractivity contribution is -0.139. The Hall–Kier alpha value is -3.68. The lowest BCUT2D eigenvalue weighted by atomic mass is 9.94. The van der Waals surface area contributed by atoms with Gasteiger partial charge in [0.25, 0.3) is 11.7 Å². The van der Waals surface area contributed by atoms with Gasteiger partial charge in [0.05, 0.1) is 37.6 Å². The zero-order valence-electron chi connectivity index (χ0n) is 20.0. The molecule has 1 amide bonds. The molecule has 1 N–H and O–H groups in total. The Morgan fingerprint density at radius 2 is 1.94 bits per heavy atom. The molecule has 1 unspecified atom stereocenters. The van der Waals surface area contributed by atoms with Gasteiger partial charge in [-0.25, -0.2) is 0 Å². The van der Waals surface area contributed by atoms with Gasteiger partial charge in [0.15, 0.2) is 11.5 Å². The molecule has 0 spiro atoms. The van der Waals surface area contributed by atoms with Crippen LogP contribution in [0.4, 0.5) is 5.69 Å². The summed E-state index contributed by atoms with van der Waals surface area (Å²) in [6.45, 7) is 5.96. The molecule has 2 aliphatic rings. The number of hydrogen-bond acceptors (Lipinski definition) is 7. The number of anilines is 1. The van der Waals surface area contributed by atoms with E-state index in [1.807, 2.05) is 25.8 Å². The minimum Gasteiger partial charge on any atom is -0.507 e. The third kappa shape index (κ3) is 4.04. The third-order valence-electron chi connectivity index (χ3n) is 6.14. The second kappa shape index (κ2) is 9.67. The fraction of sp³-hybridized carbons (Fsp3) is 0.385. The van der Waals surface area contributed by atoms with Gasteiger partial charge in [-0.3, -0.25) is 9.59 Å². The van der Waals surface area contributed by atoms with Gasteiger partial charge in [-0.15, -0.1) is 0 Å². The standard InChI is InChI=1S/C26H30N2O6/c1-5-11-28-23(16-7-10-20(33-6-2)21(15-16)32-4)22(25(30)26(28)31)24(29)17-8-9-19-18(14-17)27(3)12-13-34-19/h7-10,14-15,23,29H,5-6,11-13H2,1-4H3/b24-22+. The van der Waals surface area contributed by atoms with Crippen LogP contribution in [0.15, 0.2) is 42.0 Å². The number of likely N-dealkylation sites (tertiary alicyclic amines) is 1. The number of ether oxygens (including phenoxy) is 3. The van der Waals surface area contributed by atoms with Crippen molar-refractivity contribution in [2.24, 2.45) is 0 Å². The predicted molar refractivity (Wildman–Crippen MR) is 129 cm³/mol. The first-order valence-corrected chi connectivity index (χ1v) is 11.5. The molecule has 0 aromatic heterocycles. The molecule has 8 nitrogen and oxygen atoms in total. The van der Waals surface area contributed by atoms with Crippen LogP contribution in [0, 0.1) is 0 Å². The third-order valence-corrected chi connectivity index (χ3v) is 6.14. The molecule has 0 radical (unpaired) electrons. The molecule has 180 valence electrons. The molecule has 1 fully saturated rings. The fourth-order valence-corrected chi connectivity index (χ4v) is 4.48. The summed E-state index contributed by atoms with van der Waals surface area (Å²) >= 11 is 0. The van der Waals surface area contributed by atoms with Gasteiger partial charge in [0.2, 0.25) is 0 Å². The van der Waals surface area contributed by atoms with E-state index in [1.54, 1.807) is 36.4 Å². The molecule has 1 atom stereocenters. The average molecular weight is 467 g/mol. The van der Waals surface area contributed by atoms with Crippen molar-refractivity contribution in [1.82, 2.24) is 4.90 Å². The molecule has 2 heterocycles.